The average Bonchev–Trinajstić information content (AvgIpc) is 2.59. The van der Waals surface area contributed by atoms with Gasteiger partial charge in [0.25, 0.3) is 5.91 Å². The predicted molar refractivity (Wildman–Crippen MR) is 88.9 cm³/mol. The van der Waals surface area contributed by atoms with Crippen LogP contribution in [0.5, 0.6) is 0 Å². The van der Waals surface area contributed by atoms with Crippen molar-refractivity contribution in [2.24, 2.45) is 0 Å². The van der Waals surface area contributed by atoms with Crippen LogP contribution in [0.1, 0.15) is 21.5 Å². The van der Waals surface area contributed by atoms with Crippen molar-refractivity contribution >= 4 is 23.6 Å². The molecular formula is C18H15F3N2O2. The van der Waals surface area contributed by atoms with Crippen molar-refractivity contribution in [2.75, 3.05) is 12.4 Å². The van der Waals surface area contributed by atoms with Crippen LogP contribution in [0.4, 0.5) is 18.9 Å². The molecule has 2 aromatic carbocycles. The van der Waals surface area contributed by atoms with E-state index < -0.39 is 17.6 Å². The largest absolute Gasteiger partial charge is 0.416 e. The van der Waals surface area contributed by atoms with Crippen molar-refractivity contribution in [3.05, 3.63) is 71.3 Å². The maximum Gasteiger partial charge on any atom is 0.416 e. The van der Waals surface area contributed by atoms with Gasteiger partial charge in [-0.3, -0.25) is 9.59 Å². The number of amides is 2. The molecule has 4 nitrogen and oxygen atoms in total. The number of hydrogen-bond acceptors (Lipinski definition) is 2. The fourth-order valence-corrected chi connectivity index (χ4v) is 1.99. The minimum atomic E-state index is -4.39. The molecule has 2 rings (SSSR count). The molecule has 25 heavy (non-hydrogen) atoms. The predicted octanol–water partition coefficient (Wildman–Crippen LogP) is 3.72. The Morgan fingerprint density at radius 1 is 0.960 bits per heavy atom. The van der Waals surface area contributed by atoms with Crippen molar-refractivity contribution in [3.63, 3.8) is 0 Å². The Morgan fingerprint density at radius 3 is 2.08 bits per heavy atom. The van der Waals surface area contributed by atoms with E-state index in [9.17, 15) is 22.8 Å². The van der Waals surface area contributed by atoms with Crippen molar-refractivity contribution < 1.29 is 22.8 Å². The highest BCUT2D eigenvalue weighted by molar-refractivity contribution is 6.02. The van der Waals surface area contributed by atoms with Gasteiger partial charge in [0.15, 0.2) is 0 Å². The molecule has 0 bridgehead atoms. The molecular weight excluding hydrogens is 333 g/mol. The Hall–Kier alpha value is -3.09. The van der Waals surface area contributed by atoms with Crippen LogP contribution >= 0.6 is 0 Å². The molecule has 0 saturated heterocycles. The van der Waals surface area contributed by atoms with Gasteiger partial charge in [-0.25, -0.2) is 0 Å². The Kier molecular flexibility index (Phi) is 5.59. The summed E-state index contributed by atoms with van der Waals surface area (Å²) in [7, 11) is 1.52. The van der Waals surface area contributed by atoms with E-state index in [1.807, 2.05) is 0 Å². The summed E-state index contributed by atoms with van der Waals surface area (Å²) in [6.45, 7) is 0. The molecule has 0 aromatic heterocycles. The maximum absolute atomic E-state index is 12.5. The van der Waals surface area contributed by atoms with Crippen LogP contribution in [-0.4, -0.2) is 18.9 Å². The second-order valence-electron chi connectivity index (χ2n) is 5.10. The van der Waals surface area contributed by atoms with E-state index in [0.29, 0.717) is 16.8 Å². The van der Waals surface area contributed by atoms with E-state index >= 15 is 0 Å². The van der Waals surface area contributed by atoms with Gasteiger partial charge in [0.05, 0.1) is 5.56 Å². The Labute approximate surface area is 142 Å². The molecule has 0 fully saturated rings. The van der Waals surface area contributed by atoms with E-state index in [0.717, 1.165) is 12.1 Å². The van der Waals surface area contributed by atoms with Crippen molar-refractivity contribution in [1.82, 2.24) is 5.32 Å². The Morgan fingerprint density at radius 2 is 1.56 bits per heavy atom. The molecule has 2 aromatic rings. The molecule has 0 atom stereocenters. The number of halogens is 3. The zero-order chi connectivity index (χ0) is 18.4. The van der Waals surface area contributed by atoms with Crippen molar-refractivity contribution in [3.8, 4) is 0 Å². The summed E-state index contributed by atoms with van der Waals surface area (Å²) in [5.41, 5.74) is 0.680. The second-order valence-corrected chi connectivity index (χ2v) is 5.10. The molecule has 0 aliphatic carbocycles. The van der Waals surface area contributed by atoms with Crippen LogP contribution in [0.25, 0.3) is 6.08 Å². The lowest BCUT2D eigenvalue weighted by atomic mass is 10.1. The number of hydrogen-bond donors (Lipinski definition) is 2. The van der Waals surface area contributed by atoms with Gasteiger partial charge in [-0.15, -0.1) is 0 Å². The SMILES string of the molecule is CNC(=O)c1ccc(NC(=O)C=Cc2ccc(C(F)(F)F)cc2)cc1. The van der Waals surface area contributed by atoms with Crippen LogP contribution in [0, 0.1) is 0 Å². The van der Waals surface area contributed by atoms with Gasteiger partial charge in [0.1, 0.15) is 0 Å². The summed E-state index contributed by atoms with van der Waals surface area (Å²) < 4.78 is 37.4. The first-order chi connectivity index (χ1) is 11.8. The maximum atomic E-state index is 12.5. The quantitative estimate of drug-likeness (QED) is 0.828. The van der Waals surface area contributed by atoms with Gasteiger partial charge in [0, 0.05) is 24.4 Å². The molecule has 0 radical (unpaired) electrons. The number of alkyl halides is 3. The van der Waals surface area contributed by atoms with Gasteiger partial charge < -0.3 is 10.6 Å². The number of benzene rings is 2. The smallest absolute Gasteiger partial charge is 0.355 e. The van der Waals surface area contributed by atoms with E-state index in [1.54, 1.807) is 24.3 Å². The van der Waals surface area contributed by atoms with Gasteiger partial charge in [-0.2, -0.15) is 13.2 Å². The van der Waals surface area contributed by atoms with Crippen LogP contribution < -0.4 is 10.6 Å². The minimum absolute atomic E-state index is 0.236. The lowest BCUT2D eigenvalue weighted by molar-refractivity contribution is -0.137. The summed E-state index contributed by atoms with van der Waals surface area (Å²) in [6.07, 6.45) is -1.76. The van der Waals surface area contributed by atoms with E-state index in [-0.39, 0.29) is 5.91 Å². The summed E-state index contributed by atoms with van der Waals surface area (Å²) in [5.74, 6) is -0.673. The summed E-state index contributed by atoms with van der Waals surface area (Å²) in [6, 6.07) is 10.8. The van der Waals surface area contributed by atoms with Gasteiger partial charge >= 0.3 is 6.18 Å². The van der Waals surface area contributed by atoms with Gasteiger partial charge in [-0.1, -0.05) is 12.1 Å². The second kappa shape index (κ2) is 7.65. The highest BCUT2D eigenvalue weighted by Crippen LogP contribution is 2.29. The van der Waals surface area contributed by atoms with E-state index in [4.69, 9.17) is 0 Å². The van der Waals surface area contributed by atoms with Crippen LogP contribution in [0.15, 0.2) is 54.6 Å². The van der Waals surface area contributed by atoms with Crippen LogP contribution in [-0.2, 0) is 11.0 Å². The number of nitrogens with one attached hydrogen (secondary N) is 2. The first-order valence-corrected chi connectivity index (χ1v) is 7.28. The monoisotopic (exact) mass is 348 g/mol. The summed E-state index contributed by atoms with van der Waals surface area (Å²) in [4.78, 5) is 23.2. The highest BCUT2D eigenvalue weighted by Gasteiger charge is 2.29. The summed E-state index contributed by atoms with van der Waals surface area (Å²) in [5, 5.41) is 5.08. The molecule has 0 aliphatic rings. The fraction of sp³-hybridized carbons (Fsp3) is 0.111. The third-order valence-electron chi connectivity index (χ3n) is 3.31. The van der Waals surface area contributed by atoms with Gasteiger partial charge in [0.2, 0.25) is 5.91 Å². The molecule has 0 unspecified atom stereocenters. The first kappa shape index (κ1) is 18.3. The third kappa shape index (κ3) is 5.20. The van der Waals surface area contributed by atoms with E-state index in [2.05, 4.69) is 10.6 Å². The lowest BCUT2D eigenvalue weighted by Crippen LogP contribution is -2.17. The molecule has 0 heterocycles. The first-order valence-electron chi connectivity index (χ1n) is 7.28. The summed E-state index contributed by atoms with van der Waals surface area (Å²) >= 11 is 0. The number of anilines is 1. The molecule has 130 valence electrons. The highest BCUT2D eigenvalue weighted by atomic mass is 19.4. The topological polar surface area (TPSA) is 58.2 Å². The molecule has 0 aliphatic heterocycles. The van der Waals surface area contributed by atoms with Crippen molar-refractivity contribution in [2.45, 2.75) is 6.18 Å². The molecule has 2 N–H and O–H groups in total. The number of carbonyl (C=O) groups excluding carboxylic acids is 2. The normalized spacial score (nSPS) is 11.4. The molecule has 0 saturated carbocycles. The number of carbonyl (C=O) groups is 2. The third-order valence-corrected chi connectivity index (χ3v) is 3.31. The van der Waals surface area contributed by atoms with Crippen molar-refractivity contribution in [1.29, 1.82) is 0 Å². The van der Waals surface area contributed by atoms with E-state index in [1.165, 1.54) is 31.3 Å². The molecule has 7 heteroatoms. The van der Waals surface area contributed by atoms with Crippen LogP contribution in [0.2, 0.25) is 0 Å². The lowest BCUT2D eigenvalue weighted by Gasteiger charge is -2.06. The molecule has 2 amide bonds. The van der Waals surface area contributed by atoms with Gasteiger partial charge in [-0.05, 0) is 48.0 Å². The van der Waals surface area contributed by atoms with Crippen LogP contribution in [0.3, 0.4) is 0 Å². The zero-order valence-electron chi connectivity index (χ0n) is 13.2. The fourth-order valence-electron chi connectivity index (χ4n) is 1.99. The zero-order valence-corrected chi connectivity index (χ0v) is 13.2. The minimum Gasteiger partial charge on any atom is -0.355 e. The number of rotatable bonds is 4. The Balaban J connectivity index is 1.97. The standard InChI is InChI=1S/C18H15F3N2O2/c1-22-17(25)13-5-9-15(10-6-13)23-16(24)11-4-12-2-7-14(8-3-12)18(19,20)21/h2-11H,1H3,(H,22,25)(H,23,24). The average molecular weight is 348 g/mol. The molecule has 0 spiro atoms. The Bertz CT molecular complexity index is 779.